The molecule has 2 aliphatic rings. The quantitative estimate of drug-likeness (QED) is 0.627. The maximum absolute atomic E-state index is 13.3. The van der Waals surface area contributed by atoms with Crippen LogP contribution in [0, 0.1) is 11.8 Å². The van der Waals surface area contributed by atoms with Crippen molar-refractivity contribution >= 4 is 15.9 Å². The Hall–Kier alpha value is -1.65. The molecule has 10 heteroatoms. The van der Waals surface area contributed by atoms with Gasteiger partial charge in [-0.1, -0.05) is 46.6 Å². The number of carbonyl (C=O) groups is 1. The number of alkyl halides is 3. The lowest BCUT2D eigenvalue weighted by molar-refractivity contribution is -0.137. The third-order valence-corrected chi connectivity index (χ3v) is 9.12. The number of nitrogens with one attached hydrogen (secondary N) is 1. The van der Waals surface area contributed by atoms with E-state index in [1.807, 2.05) is 18.7 Å². The van der Waals surface area contributed by atoms with Gasteiger partial charge in [0, 0.05) is 19.6 Å². The van der Waals surface area contributed by atoms with Crippen LogP contribution >= 0.6 is 0 Å². The molecule has 3 unspecified atom stereocenters. The summed E-state index contributed by atoms with van der Waals surface area (Å²) in [7, 11) is -4.08. The lowest BCUT2D eigenvalue weighted by Gasteiger charge is -2.45. The van der Waals surface area contributed by atoms with Gasteiger partial charge in [-0.3, -0.25) is 10.1 Å². The molecule has 1 N–H and O–H groups in total. The molecule has 1 aromatic rings. The minimum absolute atomic E-state index is 0.0545. The van der Waals surface area contributed by atoms with E-state index in [1.165, 1.54) is 10.4 Å². The second-order valence-corrected chi connectivity index (χ2v) is 11.4. The van der Waals surface area contributed by atoms with Gasteiger partial charge in [-0.15, -0.1) is 0 Å². The Labute approximate surface area is 194 Å². The van der Waals surface area contributed by atoms with Crippen molar-refractivity contribution in [2.45, 2.75) is 76.2 Å². The molecule has 3 atom stereocenters. The van der Waals surface area contributed by atoms with Crippen LogP contribution in [-0.4, -0.2) is 54.9 Å². The summed E-state index contributed by atoms with van der Waals surface area (Å²) in [5.41, 5.74) is -1.62. The number of amides is 1. The number of hydrogen-bond donors (Lipinski definition) is 1. The third kappa shape index (κ3) is 5.07. The van der Waals surface area contributed by atoms with E-state index in [0.29, 0.717) is 31.4 Å². The van der Waals surface area contributed by atoms with Crippen LogP contribution in [0.2, 0.25) is 0 Å². The van der Waals surface area contributed by atoms with Crippen LogP contribution in [0.25, 0.3) is 0 Å². The summed E-state index contributed by atoms with van der Waals surface area (Å²) >= 11 is 0. The van der Waals surface area contributed by atoms with Crippen molar-refractivity contribution in [2.24, 2.45) is 11.8 Å². The van der Waals surface area contributed by atoms with E-state index in [4.69, 9.17) is 0 Å². The number of piperidine rings is 1. The summed E-state index contributed by atoms with van der Waals surface area (Å²) in [6.45, 7) is 9.07. The Kier molecular flexibility index (Phi) is 7.51. The van der Waals surface area contributed by atoms with E-state index in [1.54, 1.807) is 0 Å². The van der Waals surface area contributed by atoms with Gasteiger partial charge in [0.2, 0.25) is 15.9 Å². The fourth-order valence-electron chi connectivity index (χ4n) is 4.63. The third-order valence-electron chi connectivity index (χ3n) is 7.23. The molecule has 0 aromatic heterocycles. The molecule has 0 aliphatic carbocycles. The molecule has 1 spiro atoms. The van der Waals surface area contributed by atoms with Gasteiger partial charge < -0.3 is 4.90 Å². The fourth-order valence-corrected chi connectivity index (χ4v) is 6.12. The van der Waals surface area contributed by atoms with Gasteiger partial charge in [-0.05, 0) is 42.9 Å². The number of rotatable bonds is 7. The van der Waals surface area contributed by atoms with Crippen molar-refractivity contribution in [3.05, 3.63) is 29.8 Å². The average Bonchev–Trinajstić information content (AvgIpc) is 3.04. The van der Waals surface area contributed by atoms with Gasteiger partial charge in [0.25, 0.3) is 0 Å². The van der Waals surface area contributed by atoms with Gasteiger partial charge in [0.05, 0.1) is 22.2 Å². The topological polar surface area (TPSA) is 69.7 Å². The Morgan fingerprint density at radius 1 is 1.15 bits per heavy atom. The number of hydrogen-bond acceptors (Lipinski definition) is 4. The van der Waals surface area contributed by atoms with Crippen LogP contribution < -0.4 is 5.32 Å². The summed E-state index contributed by atoms with van der Waals surface area (Å²) in [4.78, 5) is 14.8. The van der Waals surface area contributed by atoms with Crippen molar-refractivity contribution in [1.29, 1.82) is 0 Å². The first-order valence-corrected chi connectivity index (χ1v) is 13.1. The SMILES string of the molecule is CCC(C)CN1C(=O)C(C(C)CC)NC12CCN(S(=O)(=O)c1cccc(C(F)(F)F)c1)CC2. The van der Waals surface area contributed by atoms with E-state index in [9.17, 15) is 26.4 Å². The summed E-state index contributed by atoms with van der Waals surface area (Å²) in [5, 5.41) is 3.53. The molecule has 1 aromatic carbocycles. The molecule has 33 heavy (non-hydrogen) atoms. The van der Waals surface area contributed by atoms with E-state index in [0.717, 1.165) is 25.0 Å². The summed E-state index contributed by atoms with van der Waals surface area (Å²) < 4.78 is 66.7. The highest BCUT2D eigenvalue weighted by molar-refractivity contribution is 7.89. The first-order valence-electron chi connectivity index (χ1n) is 11.6. The van der Waals surface area contributed by atoms with Gasteiger partial charge in [-0.25, -0.2) is 8.42 Å². The zero-order valence-electron chi connectivity index (χ0n) is 19.7. The van der Waals surface area contributed by atoms with Crippen LogP contribution in [0.4, 0.5) is 13.2 Å². The molecule has 3 rings (SSSR count). The fraction of sp³-hybridized carbons (Fsp3) is 0.696. The zero-order valence-corrected chi connectivity index (χ0v) is 20.5. The molecule has 2 aliphatic heterocycles. The first kappa shape index (κ1) is 26.0. The molecular weight excluding hydrogens is 455 g/mol. The van der Waals surface area contributed by atoms with Crippen molar-refractivity contribution in [3.8, 4) is 0 Å². The molecule has 2 heterocycles. The smallest absolute Gasteiger partial charge is 0.323 e. The second-order valence-electron chi connectivity index (χ2n) is 9.43. The number of nitrogens with zero attached hydrogens (tertiary/aromatic N) is 2. The summed E-state index contributed by atoms with van der Waals surface area (Å²) in [6, 6.07) is 3.54. The van der Waals surface area contributed by atoms with Crippen molar-refractivity contribution in [3.63, 3.8) is 0 Å². The Morgan fingerprint density at radius 2 is 1.79 bits per heavy atom. The molecule has 1 amide bonds. The van der Waals surface area contributed by atoms with Crippen LogP contribution in [0.1, 0.15) is 58.9 Å². The van der Waals surface area contributed by atoms with Crippen molar-refractivity contribution in [2.75, 3.05) is 19.6 Å². The molecule has 0 saturated carbocycles. The maximum atomic E-state index is 13.3. The highest BCUT2D eigenvalue weighted by Crippen LogP contribution is 2.37. The molecule has 0 bridgehead atoms. The van der Waals surface area contributed by atoms with Crippen LogP contribution in [-0.2, 0) is 21.0 Å². The standard InChI is InChI=1S/C23H34F3N3O3S/c1-5-16(3)15-29-21(30)20(17(4)6-2)27-22(29)10-12-28(13-11-22)33(31,32)19-9-7-8-18(14-19)23(24,25)26/h7-9,14,16-17,20,27H,5-6,10-13,15H2,1-4H3. The van der Waals surface area contributed by atoms with Gasteiger partial charge >= 0.3 is 6.18 Å². The molecule has 2 saturated heterocycles. The summed E-state index contributed by atoms with van der Waals surface area (Å²) in [5.74, 6) is 0.497. The largest absolute Gasteiger partial charge is 0.416 e. The molecule has 6 nitrogen and oxygen atoms in total. The van der Waals surface area contributed by atoms with Crippen LogP contribution in [0.15, 0.2) is 29.2 Å². The Morgan fingerprint density at radius 3 is 2.33 bits per heavy atom. The van der Waals surface area contributed by atoms with Gasteiger partial charge in [-0.2, -0.15) is 17.5 Å². The lowest BCUT2D eigenvalue weighted by atomic mass is 9.95. The van der Waals surface area contributed by atoms with E-state index in [2.05, 4.69) is 19.2 Å². The second kappa shape index (κ2) is 9.54. The molecular formula is C23H34F3N3O3S. The minimum Gasteiger partial charge on any atom is -0.323 e. The van der Waals surface area contributed by atoms with Crippen LogP contribution in [0.3, 0.4) is 0 Å². The predicted molar refractivity (Wildman–Crippen MR) is 120 cm³/mol. The molecule has 2 fully saturated rings. The number of benzene rings is 1. The molecule has 186 valence electrons. The summed E-state index contributed by atoms with van der Waals surface area (Å²) in [6.07, 6.45) is -2.08. The van der Waals surface area contributed by atoms with Crippen LogP contribution in [0.5, 0.6) is 0 Å². The Bertz CT molecular complexity index is 959. The van der Waals surface area contributed by atoms with E-state index < -0.39 is 27.4 Å². The lowest BCUT2D eigenvalue weighted by Crippen LogP contribution is -2.60. The maximum Gasteiger partial charge on any atom is 0.416 e. The van der Waals surface area contributed by atoms with E-state index >= 15 is 0 Å². The number of carbonyl (C=O) groups excluding carboxylic acids is 1. The zero-order chi connectivity index (χ0) is 24.6. The van der Waals surface area contributed by atoms with Crippen molar-refractivity contribution in [1.82, 2.24) is 14.5 Å². The predicted octanol–water partition coefficient (Wildman–Crippen LogP) is 4.08. The van der Waals surface area contributed by atoms with Crippen molar-refractivity contribution < 1.29 is 26.4 Å². The van der Waals surface area contributed by atoms with Gasteiger partial charge in [0.15, 0.2) is 0 Å². The minimum atomic E-state index is -4.62. The number of halogens is 3. The van der Waals surface area contributed by atoms with Gasteiger partial charge in [0.1, 0.15) is 0 Å². The first-order chi connectivity index (χ1) is 15.4. The molecule has 0 radical (unpaired) electrons. The monoisotopic (exact) mass is 489 g/mol. The Balaban J connectivity index is 1.83. The normalized spacial score (nSPS) is 23.8. The average molecular weight is 490 g/mol. The number of sulfonamides is 1. The highest BCUT2D eigenvalue weighted by Gasteiger charge is 2.53. The highest BCUT2D eigenvalue weighted by atomic mass is 32.2. The van der Waals surface area contributed by atoms with E-state index in [-0.39, 0.29) is 35.9 Å².